The Labute approximate surface area is 78.1 Å². The van der Waals surface area contributed by atoms with Gasteiger partial charge >= 0.3 is 0 Å². The molecule has 0 N–H and O–H groups in total. The number of halogens is 2. The van der Waals surface area contributed by atoms with Crippen molar-refractivity contribution in [2.24, 2.45) is 4.99 Å². The van der Waals surface area contributed by atoms with Crippen LogP contribution in [0.25, 0.3) is 0 Å². The van der Waals surface area contributed by atoms with Gasteiger partial charge in [0.25, 0.3) is 0 Å². The number of nitrogens with zero attached hydrogens (tertiary/aromatic N) is 2. The van der Waals surface area contributed by atoms with Crippen LogP contribution in [0.3, 0.4) is 0 Å². The molecule has 0 bridgehead atoms. The highest BCUT2D eigenvalue weighted by molar-refractivity contribution is 7.78. The van der Waals surface area contributed by atoms with Gasteiger partial charge in [-0.2, -0.15) is 10.3 Å². The van der Waals surface area contributed by atoms with Crippen LogP contribution in [0.15, 0.2) is 17.1 Å². The average Bonchev–Trinajstić information content (AvgIpc) is 2.14. The van der Waals surface area contributed by atoms with Gasteiger partial charge in [0.05, 0.1) is 10.7 Å². The molecule has 0 saturated heterocycles. The maximum Gasteiger partial charge on any atom is 0.186 e. The van der Waals surface area contributed by atoms with E-state index in [1.54, 1.807) is 0 Å². The second kappa shape index (κ2) is 3.85. The standard InChI is InChI=1S/C8H2F2N2S/c9-7-5(3-11)1-2-6(8(7)10)12-4-13/h1-2H. The van der Waals surface area contributed by atoms with Gasteiger partial charge in [0.1, 0.15) is 11.8 Å². The molecule has 0 atom stereocenters. The number of isothiocyanates is 1. The lowest BCUT2D eigenvalue weighted by Crippen LogP contribution is -1.89. The van der Waals surface area contributed by atoms with Crippen molar-refractivity contribution in [3.05, 3.63) is 29.3 Å². The molecule has 1 rings (SSSR count). The quantitative estimate of drug-likeness (QED) is 0.511. The molecule has 0 aliphatic rings. The first-order chi connectivity index (χ1) is 6.20. The number of hydrogen-bond donors (Lipinski definition) is 0. The molecule has 0 spiro atoms. The molecule has 0 amide bonds. The Kier molecular flexibility index (Phi) is 2.80. The molecule has 0 unspecified atom stereocenters. The molecule has 0 saturated carbocycles. The van der Waals surface area contributed by atoms with Gasteiger partial charge in [0, 0.05) is 0 Å². The van der Waals surface area contributed by atoms with E-state index in [0.29, 0.717) is 0 Å². The maximum absolute atomic E-state index is 12.9. The Morgan fingerprint density at radius 3 is 2.54 bits per heavy atom. The molecular weight excluding hydrogens is 194 g/mol. The summed E-state index contributed by atoms with van der Waals surface area (Å²) in [5, 5.41) is 10.2. The van der Waals surface area contributed by atoms with E-state index in [4.69, 9.17) is 5.26 Å². The fourth-order valence-corrected chi connectivity index (χ4v) is 0.859. The van der Waals surface area contributed by atoms with Crippen molar-refractivity contribution in [2.45, 2.75) is 0 Å². The first-order valence-corrected chi connectivity index (χ1v) is 3.57. The monoisotopic (exact) mass is 196 g/mol. The van der Waals surface area contributed by atoms with E-state index in [-0.39, 0.29) is 11.3 Å². The number of thiocarbonyl (C=S) groups is 1. The van der Waals surface area contributed by atoms with E-state index in [1.807, 2.05) is 5.16 Å². The molecule has 1 aromatic carbocycles. The van der Waals surface area contributed by atoms with E-state index < -0.39 is 11.6 Å². The van der Waals surface area contributed by atoms with Gasteiger partial charge in [-0.15, -0.1) is 0 Å². The van der Waals surface area contributed by atoms with Crippen molar-refractivity contribution in [3.8, 4) is 6.07 Å². The van der Waals surface area contributed by atoms with Gasteiger partial charge < -0.3 is 0 Å². The zero-order chi connectivity index (χ0) is 9.84. The molecule has 0 aliphatic heterocycles. The summed E-state index contributed by atoms with van der Waals surface area (Å²) in [6.07, 6.45) is 0. The number of rotatable bonds is 1. The molecule has 5 heteroatoms. The summed E-state index contributed by atoms with van der Waals surface area (Å²) in [6, 6.07) is 3.79. The summed E-state index contributed by atoms with van der Waals surface area (Å²) in [7, 11) is 0. The number of hydrogen-bond acceptors (Lipinski definition) is 3. The minimum absolute atomic E-state index is 0.258. The van der Waals surface area contributed by atoms with E-state index in [9.17, 15) is 8.78 Å². The topological polar surface area (TPSA) is 36.1 Å². The first kappa shape index (κ1) is 9.46. The molecular formula is C8H2F2N2S. The molecule has 0 aromatic heterocycles. The molecule has 0 heterocycles. The van der Waals surface area contributed by atoms with Gasteiger partial charge in [0.2, 0.25) is 0 Å². The zero-order valence-electron chi connectivity index (χ0n) is 6.21. The van der Waals surface area contributed by atoms with Crippen LogP contribution in [0.2, 0.25) is 0 Å². The largest absolute Gasteiger partial charge is 0.202 e. The van der Waals surface area contributed by atoms with Crippen LogP contribution >= 0.6 is 12.2 Å². The summed E-state index contributed by atoms with van der Waals surface area (Å²) in [4.78, 5) is 3.28. The summed E-state index contributed by atoms with van der Waals surface area (Å²) in [5.41, 5.74) is -0.618. The smallest absolute Gasteiger partial charge is 0.186 e. The van der Waals surface area contributed by atoms with Crippen molar-refractivity contribution in [2.75, 3.05) is 0 Å². The molecule has 0 aliphatic carbocycles. The van der Waals surface area contributed by atoms with Crippen molar-refractivity contribution in [1.82, 2.24) is 0 Å². The number of benzene rings is 1. The van der Waals surface area contributed by atoms with Crippen LogP contribution in [0.4, 0.5) is 14.5 Å². The predicted molar refractivity (Wildman–Crippen MR) is 45.8 cm³/mol. The number of nitriles is 1. The van der Waals surface area contributed by atoms with Crippen molar-refractivity contribution in [3.63, 3.8) is 0 Å². The highest BCUT2D eigenvalue weighted by Gasteiger charge is 2.11. The third-order valence-electron chi connectivity index (χ3n) is 1.35. The second-order valence-electron chi connectivity index (χ2n) is 2.08. The summed E-state index contributed by atoms with van der Waals surface area (Å²) >= 11 is 4.23. The van der Waals surface area contributed by atoms with Crippen LogP contribution in [-0.4, -0.2) is 5.16 Å². The Morgan fingerprint density at radius 1 is 1.31 bits per heavy atom. The molecule has 64 valence electrons. The van der Waals surface area contributed by atoms with Gasteiger partial charge in [-0.3, -0.25) is 0 Å². The maximum atomic E-state index is 12.9. The second-order valence-corrected chi connectivity index (χ2v) is 2.26. The van der Waals surface area contributed by atoms with Crippen LogP contribution < -0.4 is 0 Å². The third kappa shape index (κ3) is 1.75. The molecule has 0 radical (unpaired) electrons. The highest BCUT2D eigenvalue weighted by atomic mass is 32.1. The van der Waals surface area contributed by atoms with Crippen LogP contribution in [0, 0.1) is 23.0 Å². The minimum atomic E-state index is -1.21. The Bertz CT molecular complexity index is 431. The average molecular weight is 196 g/mol. The Hall–Kier alpha value is -1.63. The third-order valence-corrected chi connectivity index (χ3v) is 1.44. The lowest BCUT2D eigenvalue weighted by molar-refractivity contribution is 0.508. The predicted octanol–water partition coefficient (Wildman–Crippen LogP) is 2.57. The van der Waals surface area contributed by atoms with Gasteiger partial charge in [-0.25, -0.2) is 8.78 Å². The first-order valence-electron chi connectivity index (χ1n) is 3.16. The lowest BCUT2D eigenvalue weighted by atomic mass is 10.2. The van der Waals surface area contributed by atoms with Crippen molar-refractivity contribution in [1.29, 1.82) is 5.26 Å². The van der Waals surface area contributed by atoms with Gasteiger partial charge in [0.15, 0.2) is 11.6 Å². The number of aliphatic imine (C=N–C) groups is 1. The molecule has 2 nitrogen and oxygen atoms in total. The van der Waals surface area contributed by atoms with E-state index in [2.05, 4.69) is 17.2 Å². The molecule has 13 heavy (non-hydrogen) atoms. The van der Waals surface area contributed by atoms with Crippen LogP contribution in [-0.2, 0) is 0 Å². The summed E-state index contributed by atoms with van der Waals surface area (Å²) in [6.45, 7) is 0. The zero-order valence-corrected chi connectivity index (χ0v) is 7.03. The van der Waals surface area contributed by atoms with Crippen LogP contribution in [0.1, 0.15) is 5.56 Å². The fourth-order valence-electron chi connectivity index (χ4n) is 0.761. The highest BCUT2D eigenvalue weighted by Crippen LogP contribution is 2.21. The van der Waals surface area contributed by atoms with E-state index in [0.717, 1.165) is 12.1 Å². The summed E-state index contributed by atoms with van der Waals surface area (Å²) in [5.74, 6) is -2.40. The van der Waals surface area contributed by atoms with Crippen LogP contribution in [0.5, 0.6) is 0 Å². The summed E-state index contributed by atoms with van der Waals surface area (Å²) < 4.78 is 25.8. The minimum Gasteiger partial charge on any atom is -0.202 e. The van der Waals surface area contributed by atoms with E-state index >= 15 is 0 Å². The Balaban J connectivity index is 3.41. The lowest BCUT2D eigenvalue weighted by Gasteiger charge is -1.97. The van der Waals surface area contributed by atoms with Crippen molar-refractivity contribution >= 4 is 23.1 Å². The van der Waals surface area contributed by atoms with Crippen molar-refractivity contribution < 1.29 is 8.78 Å². The van der Waals surface area contributed by atoms with E-state index in [1.165, 1.54) is 6.07 Å². The normalized spacial score (nSPS) is 8.69. The fraction of sp³-hybridized carbons (Fsp3) is 0. The Morgan fingerprint density at radius 2 is 2.00 bits per heavy atom. The van der Waals surface area contributed by atoms with Gasteiger partial charge in [-0.05, 0) is 24.4 Å². The SMILES string of the molecule is N#Cc1ccc(N=C=S)c(F)c1F. The van der Waals surface area contributed by atoms with Gasteiger partial charge in [-0.1, -0.05) is 0 Å². The molecule has 0 fully saturated rings. The molecule has 1 aromatic rings.